The van der Waals surface area contributed by atoms with Crippen LogP contribution in [0.1, 0.15) is 50.3 Å². The molecule has 1 aromatic carbocycles. The molecule has 0 heterocycles. The van der Waals surface area contributed by atoms with Gasteiger partial charge in [-0.15, -0.1) is 0 Å². The zero-order valence-corrected chi connectivity index (χ0v) is 9.12. The van der Waals surface area contributed by atoms with Crippen molar-refractivity contribution in [3.05, 3.63) is 35.4 Å². The van der Waals surface area contributed by atoms with Crippen molar-refractivity contribution in [2.75, 3.05) is 0 Å². The van der Waals surface area contributed by atoms with Crippen molar-refractivity contribution in [2.45, 2.75) is 45.6 Å². The number of hydrogen-bond donors (Lipinski definition) is 0. The Bertz CT molecular complexity index is 250. The van der Waals surface area contributed by atoms with Gasteiger partial charge >= 0.3 is 0 Å². The molecule has 0 saturated heterocycles. The minimum absolute atomic E-state index is 0.546. The Morgan fingerprint density at radius 1 is 1.14 bits per heavy atom. The minimum Gasteiger partial charge on any atom is -0.228 e. The van der Waals surface area contributed by atoms with Crippen LogP contribution in [0.5, 0.6) is 0 Å². The summed E-state index contributed by atoms with van der Waals surface area (Å²) in [7, 11) is 0. The van der Waals surface area contributed by atoms with Gasteiger partial charge in [0.2, 0.25) is 0 Å². The standard InChI is InChI=1S/C13H19O/c1-3-5-6-11-7-9-12(10-8-11)13(14)4-2/h7-10,13H,3-6H2,1-2H3. The fourth-order valence-corrected chi connectivity index (χ4v) is 1.52. The molecule has 77 valence electrons. The van der Waals surface area contributed by atoms with E-state index in [4.69, 9.17) is 0 Å². The molecular formula is C13H19O. The number of hydrogen-bond acceptors (Lipinski definition) is 0. The predicted molar refractivity (Wildman–Crippen MR) is 58.8 cm³/mol. The van der Waals surface area contributed by atoms with Crippen molar-refractivity contribution in [3.63, 3.8) is 0 Å². The molecule has 0 aliphatic rings. The fraction of sp³-hybridized carbons (Fsp3) is 0.538. The highest BCUT2D eigenvalue weighted by Crippen LogP contribution is 2.17. The molecule has 0 saturated carbocycles. The summed E-state index contributed by atoms with van der Waals surface area (Å²) in [6, 6.07) is 8.13. The highest BCUT2D eigenvalue weighted by molar-refractivity contribution is 5.24. The van der Waals surface area contributed by atoms with Crippen LogP contribution in [0.3, 0.4) is 0 Å². The van der Waals surface area contributed by atoms with Crippen molar-refractivity contribution < 1.29 is 5.11 Å². The third-order valence-electron chi connectivity index (χ3n) is 2.54. The first-order chi connectivity index (χ1) is 6.77. The molecule has 1 radical (unpaired) electrons. The van der Waals surface area contributed by atoms with Gasteiger partial charge < -0.3 is 0 Å². The average Bonchev–Trinajstić information content (AvgIpc) is 2.26. The normalized spacial score (nSPS) is 12.8. The molecule has 1 rings (SSSR count). The van der Waals surface area contributed by atoms with Gasteiger partial charge in [0.05, 0.1) is 0 Å². The Morgan fingerprint density at radius 3 is 2.29 bits per heavy atom. The summed E-state index contributed by atoms with van der Waals surface area (Å²) < 4.78 is 0. The first kappa shape index (κ1) is 11.3. The van der Waals surface area contributed by atoms with Crippen LogP contribution in [0.15, 0.2) is 24.3 Å². The van der Waals surface area contributed by atoms with Crippen molar-refractivity contribution in [1.82, 2.24) is 0 Å². The molecule has 1 atom stereocenters. The SMILES string of the molecule is CCCCc1ccc(C([O])CC)cc1. The second kappa shape index (κ2) is 5.82. The Balaban J connectivity index is 2.59. The van der Waals surface area contributed by atoms with Crippen LogP contribution in [0.25, 0.3) is 0 Å². The van der Waals surface area contributed by atoms with Crippen molar-refractivity contribution >= 4 is 0 Å². The van der Waals surface area contributed by atoms with E-state index in [1.165, 1.54) is 18.4 Å². The molecule has 0 aromatic heterocycles. The minimum atomic E-state index is -0.546. The average molecular weight is 191 g/mol. The van der Waals surface area contributed by atoms with Crippen LogP contribution >= 0.6 is 0 Å². The third kappa shape index (κ3) is 3.15. The smallest absolute Gasteiger partial charge is 0.118 e. The summed E-state index contributed by atoms with van der Waals surface area (Å²) in [6.45, 7) is 4.13. The van der Waals surface area contributed by atoms with E-state index < -0.39 is 6.10 Å². The lowest BCUT2D eigenvalue weighted by Crippen LogP contribution is -1.93. The largest absolute Gasteiger partial charge is 0.228 e. The van der Waals surface area contributed by atoms with Gasteiger partial charge in [0.25, 0.3) is 0 Å². The lowest BCUT2D eigenvalue weighted by Gasteiger charge is -2.06. The maximum atomic E-state index is 11.4. The van der Waals surface area contributed by atoms with Crippen LogP contribution in [0.2, 0.25) is 0 Å². The lowest BCUT2D eigenvalue weighted by atomic mass is 10.0. The van der Waals surface area contributed by atoms with Gasteiger partial charge in [-0.2, -0.15) is 0 Å². The zero-order valence-electron chi connectivity index (χ0n) is 9.12. The van der Waals surface area contributed by atoms with Gasteiger partial charge in [0, 0.05) is 0 Å². The lowest BCUT2D eigenvalue weighted by molar-refractivity contribution is 0.0857. The summed E-state index contributed by atoms with van der Waals surface area (Å²) in [5.41, 5.74) is 2.27. The van der Waals surface area contributed by atoms with Crippen LogP contribution in [-0.2, 0) is 11.5 Å². The summed E-state index contributed by atoms with van der Waals surface area (Å²) in [5.74, 6) is 0. The van der Waals surface area contributed by atoms with Gasteiger partial charge in [0.15, 0.2) is 0 Å². The molecule has 0 fully saturated rings. The van der Waals surface area contributed by atoms with Crippen LogP contribution in [0.4, 0.5) is 0 Å². The molecular weight excluding hydrogens is 172 g/mol. The fourth-order valence-electron chi connectivity index (χ4n) is 1.52. The maximum Gasteiger partial charge on any atom is 0.118 e. The first-order valence-electron chi connectivity index (χ1n) is 5.52. The molecule has 1 nitrogen and oxygen atoms in total. The first-order valence-corrected chi connectivity index (χ1v) is 5.52. The number of aryl methyl sites for hydroxylation is 1. The van der Waals surface area contributed by atoms with Gasteiger partial charge in [-0.3, -0.25) is 0 Å². The quantitative estimate of drug-likeness (QED) is 0.672. The van der Waals surface area contributed by atoms with Crippen molar-refractivity contribution in [1.29, 1.82) is 0 Å². The second-order valence-electron chi connectivity index (χ2n) is 3.74. The van der Waals surface area contributed by atoms with E-state index in [1.807, 2.05) is 19.1 Å². The van der Waals surface area contributed by atoms with E-state index in [1.54, 1.807) is 0 Å². The van der Waals surface area contributed by atoms with Gasteiger partial charge in [-0.1, -0.05) is 44.5 Å². The molecule has 0 aliphatic heterocycles. The van der Waals surface area contributed by atoms with Gasteiger partial charge in [0.1, 0.15) is 6.10 Å². The summed E-state index contributed by atoms with van der Waals surface area (Å²) in [5, 5.41) is 11.4. The molecule has 1 unspecified atom stereocenters. The maximum absolute atomic E-state index is 11.4. The van der Waals surface area contributed by atoms with E-state index in [-0.39, 0.29) is 0 Å². The molecule has 14 heavy (non-hydrogen) atoms. The summed E-state index contributed by atoms with van der Waals surface area (Å²) in [6.07, 6.45) is 3.71. The highest BCUT2D eigenvalue weighted by atomic mass is 16.3. The Labute approximate surface area is 86.8 Å². The number of benzene rings is 1. The van der Waals surface area contributed by atoms with E-state index >= 15 is 0 Å². The molecule has 0 aliphatic carbocycles. The Kier molecular flexibility index (Phi) is 4.68. The van der Waals surface area contributed by atoms with E-state index in [0.29, 0.717) is 6.42 Å². The van der Waals surface area contributed by atoms with Crippen LogP contribution < -0.4 is 0 Å². The van der Waals surface area contributed by atoms with E-state index in [9.17, 15) is 5.11 Å². The van der Waals surface area contributed by atoms with Gasteiger partial charge in [-0.05, 0) is 30.4 Å². The molecule has 0 spiro atoms. The molecule has 0 bridgehead atoms. The van der Waals surface area contributed by atoms with Crippen LogP contribution in [-0.4, -0.2) is 0 Å². The Morgan fingerprint density at radius 2 is 1.79 bits per heavy atom. The Hall–Kier alpha value is -0.820. The monoisotopic (exact) mass is 191 g/mol. The van der Waals surface area contributed by atoms with Crippen LogP contribution in [0, 0.1) is 0 Å². The van der Waals surface area contributed by atoms with Crippen molar-refractivity contribution in [3.8, 4) is 0 Å². The summed E-state index contributed by atoms with van der Waals surface area (Å²) in [4.78, 5) is 0. The topological polar surface area (TPSA) is 19.9 Å². The third-order valence-corrected chi connectivity index (χ3v) is 2.54. The zero-order chi connectivity index (χ0) is 10.4. The second-order valence-corrected chi connectivity index (χ2v) is 3.74. The summed E-state index contributed by atoms with van der Waals surface area (Å²) >= 11 is 0. The van der Waals surface area contributed by atoms with Crippen molar-refractivity contribution in [2.24, 2.45) is 0 Å². The number of rotatable bonds is 5. The molecule has 0 amide bonds. The molecule has 0 N–H and O–H groups in total. The van der Waals surface area contributed by atoms with E-state index in [2.05, 4.69) is 19.1 Å². The molecule has 1 aromatic rings. The van der Waals surface area contributed by atoms with Gasteiger partial charge in [-0.25, -0.2) is 5.11 Å². The number of unbranched alkanes of at least 4 members (excludes halogenated alkanes) is 1. The predicted octanol–water partition coefficient (Wildman–Crippen LogP) is 3.91. The highest BCUT2D eigenvalue weighted by Gasteiger charge is 2.05. The molecule has 1 heteroatoms. The van der Waals surface area contributed by atoms with E-state index in [0.717, 1.165) is 12.0 Å².